The monoisotopic (exact) mass is 305 g/mol. The van der Waals surface area contributed by atoms with Gasteiger partial charge in [0.05, 0.1) is 16.9 Å². The first-order valence-corrected chi connectivity index (χ1v) is 7.76. The molecule has 0 fully saturated rings. The first-order chi connectivity index (χ1) is 10.1. The number of anilines is 2. The summed E-state index contributed by atoms with van der Waals surface area (Å²) in [5.74, 6) is -0.389. The third kappa shape index (κ3) is 3.05. The molecule has 1 amide bonds. The van der Waals surface area contributed by atoms with Crippen LogP contribution in [0, 0.1) is 12.7 Å². The number of carbonyl (C=O) groups is 1. The lowest BCUT2D eigenvalue weighted by Gasteiger charge is -2.18. The second-order valence-electron chi connectivity index (χ2n) is 5.08. The second-order valence-corrected chi connectivity index (χ2v) is 6.01. The molecule has 1 aliphatic heterocycles. The molecule has 2 N–H and O–H groups in total. The highest BCUT2D eigenvalue weighted by molar-refractivity contribution is 7.09. The highest BCUT2D eigenvalue weighted by atomic mass is 32.1. The van der Waals surface area contributed by atoms with E-state index >= 15 is 0 Å². The summed E-state index contributed by atoms with van der Waals surface area (Å²) in [6.45, 7) is 2.64. The Morgan fingerprint density at radius 3 is 3.05 bits per heavy atom. The number of nitrogens with zero attached hydrogens (tertiary/aromatic N) is 1. The molecule has 21 heavy (non-hydrogen) atoms. The smallest absolute Gasteiger partial charge is 0.224 e. The van der Waals surface area contributed by atoms with E-state index in [-0.39, 0.29) is 11.7 Å². The molecule has 2 heterocycles. The lowest BCUT2D eigenvalue weighted by atomic mass is 10.0. The lowest BCUT2D eigenvalue weighted by Crippen LogP contribution is -2.19. The van der Waals surface area contributed by atoms with Crippen LogP contribution in [-0.4, -0.2) is 17.4 Å². The average Bonchev–Trinajstić information content (AvgIpc) is 2.85. The Hall–Kier alpha value is -1.95. The highest BCUT2D eigenvalue weighted by Crippen LogP contribution is 2.28. The largest absolute Gasteiger partial charge is 0.382 e. The van der Waals surface area contributed by atoms with Crippen molar-refractivity contribution in [3.63, 3.8) is 0 Å². The van der Waals surface area contributed by atoms with E-state index in [2.05, 4.69) is 15.6 Å². The van der Waals surface area contributed by atoms with Crippen LogP contribution >= 0.6 is 11.3 Å². The number of fused-ring (bicyclic) bond motifs is 1. The number of aryl methyl sites for hydroxylation is 2. The Kier molecular flexibility index (Phi) is 3.88. The minimum Gasteiger partial charge on any atom is -0.382 e. The van der Waals surface area contributed by atoms with Gasteiger partial charge < -0.3 is 10.6 Å². The van der Waals surface area contributed by atoms with Crippen LogP contribution in [0.5, 0.6) is 0 Å². The van der Waals surface area contributed by atoms with Crippen molar-refractivity contribution in [1.29, 1.82) is 0 Å². The number of rotatable bonds is 4. The van der Waals surface area contributed by atoms with Gasteiger partial charge in [-0.2, -0.15) is 0 Å². The van der Waals surface area contributed by atoms with Gasteiger partial charge in [-0.05, 0) is 31.0 Å². The normalized spacial score (nSPS) is 13.7. The van der Waals surface area contributed by atoms with E-state index in [1.807, 2.05) is 12.4 Å². The fraction of sp³-hybridized carbons (Fsp3) is 0.333. The number of carbonyl (C=O) groups excluding carboxylic acids is 1. The van der Waals surface area contributed by atoms with E-state index in [1.54, 1.807) is 17.4 Å². The summed E-state index contributed by atoms with van der Waals surface area (Å²) in [6.07, 6.45) is 1.94. The predicted octanol–water partition coefficient (Wildman–Crippen LogP) is 3.13. The Balaban J connectivity index is 1.68. The van der Waals surface area contributed by atoms with E-state index < -0.39 is 0 Å². The van der Waals surface area contributed by atoms with Gasteiger partial charge >= 0.3 is 0 Å². The molecule has 4 nitrogen and oxygen atoms in total. The zero-order chi connectivity index (χ0) is 14.8. The van der Waals surface area contributed by atoms with Gasteiger partial charge in [-0.15, -0.1) is 11.3 Å². The van der Waals surface area contributed by atoms with Crippen molar-refractivity contribution in [2.45, 2.75) is 26.2 Å². The van der Waals surface area contributed by atoms with Gasteiger partial charge in [-0.25, -0.2) is 9.37 Å². The number of amides is 1. The van der Waals surface area contributed by atoms with Gasteiger partial charge in [0.1, 0.15) is 5.82 Å². The fourth-order valence-electron chi connectivity index (χ4n) is 2.41. The zero-order valence-electron chi connectivity index (χ0n) is 11.7. The number of halogens is 1. The van der Waals surface area contributed by atoms with E-state index in [0.29, 0.717) is 30.8 Å². The molecular formula is C15H16FN3OS. The molecule has 0 unspecified atom stereocenters. The van der Waals surface area contributed by atoms with E-state index in [0.717, 1.165) is 17.7 Å². The summed E-state index contributed by atoms with van der Waals surface area (Å²) in [6, 6.07) is 3.19. The molecule has 3 rings (SSSR count). The van der Waals surface area contributed by atoms with Crippen molar-refractivity contribution in [3.05, 3.63) is 39.6 Å². The van der Waals surface area contributed by atoms with Gasteiger partial charge in [0.25, 0.3) is 0 Å². The van der Waals surface area contributed by atoms with Crippen molar-refractivity contribution in [3.8, 4) is 0 Å². The number of benzene rings is 1. The van der Waals surface area contributed by atoms with Crippen LogP contribution in [-0.2, 0) is 17.6 Å². The molecule has 1 aromatic carbocycles. The maximum absolute atomic E-state index is 14.0. The molecule has 1 aliphatic rings. The quantitative estimate of drug-likeness (QED) is 0.912. The van der Waals surface area contributed by atoms with Crippen LogP contribution in [0.4, 0.5) is 15.8 Å². The van der Waals surface area contributed by atoms with E-state index in [1.165, 1.54) is 10.9 Å². The van der Waals surface area contributed by atoms with Crippen LogP contribution in [0.3, 0.4) is 0 Å². The lowest BCUT2D eigenvalue weighted by molar-refractivity contribution is -0.116. The van der Waals surface area contributed by atoms with Crippen molar-refractivity contribution in [1.82, 2.24) is 4.98 Å². The van der Waals surface area contributed by atoms with Gasteiger partial charge in [-0.1, -0.05) is 0 Å². The van der Waals surface area contributed by atoms with Crippen molar-refractivity contribution >= 4 is 28.6 Å². The summed E-state index contributed by atoms with van der Waals surface area (Å²) in [5.41, 5.74) is 4.93. The Morgan fingerprint density at radius 2 is 2.29 bits per heavy atom. The molecule has 0 saturated carbocycles. The first kappa shape index (κ1) is 14.0. The molecule has 0 radical (unpaired) electrons. The van der Waals surface area contributed by atoms with Crippen LogP contribution in [0.15, 0.2) is 17.6 Å². The molecule has 6 heteroatoms. The summed E-state index contributed by atoms with van der Waals surface area (Å²) in [5, 5.41) is 5.83. The molecule has 0 spiro atoms. The molecule has 0 saturated heterocycles. The van der Waals surface area contributed by atoms with Crippen molar-refractivity contribution < 1.29 is 9.18 Å². The molecule has 0 atom stereocenters. The fourth-order valence-corrected chi connectivity index (χ4v) is 3.20. The summed E-state index contributed by atoms with van der Waals surface area (Å²) in [7, 11) is 0. The number of hydrogen-bond donors (Lipinski definition) is 2. The van der Waals surface area contributed by atoms with Crippen molar-refractivity contribution in [2.24, 2.45) is 0 Å². The topological polar surface area (TPSA) is 54.0 Å². The van der Waals surface area contributed by atoms with E-state index in [4.69, 9.17) is 0 Å². The highest BCUT2D eigenvalue weighted by Gasteiger charge is 2.17. The number of aromatic nitrogens is 1. The van der Waals surface area contributed by atoms with E-state index in [9.17, 15) is 9.18 Å². The second kappa shape index (κ2) is 5.81. The molecular weight excluding hydrogens is 289 g/mol. The first-order valence-electron chi connectivity index (χ1n) is 6.88. The maximum atomic E-state index is 14.0. The molecule has 0 bridgehead atoms. The van der Waals surface area contributed by atoms with Crippen LogP contribution in [0.25, 0.3) is 0 Å². The minimum atomic E-state index is -0.336. The Bertz CT molecular complexity index is 684. The Morgan fingerprint density at radius 1 is 1.43 bits per heavy atom. The third-order valence-corrected chi connectivity index (χ3v) is 4.60. The number of hydrogen-bond acceptors (Lipinski definition) is 4. The van der Waals surface area contributed by atoms with Crippen molar-refractivity contribution in [2.75, 3.05) is 17.2 Å². The summed E-state index contributed by atoms with van der Waals surface area (Å²) < 4.78 is 14.0. The van der Waals surface area contributed by atoms with Gasteiger partial charge in [0, 0.05) is 30.0 Å². The molecule has 110 valence electrons. The summed E-state index contributed by atoms with van der Waals surface area (Å²) >= 11 is 1.62. The van der Waals surface area contributed by atoms with Crippen LogP contribution < -0.4 is 10.6 Å². The van der Waals surface area contributed by atoms with Gasteiger partial charge in [-0.3, -0.25) is 4.79 Å². The SMILES string of the molecule is Cc1ncsc1CCNc1cc2c(cc1F)NC(=O)CC2. The van der Waals surface area contributed by atoms with Crippen LogP contribution in [0.1, 0.15) is 22.6 Å². The Labute approximate surface area is 126 Å². The minimum absolute atomic E-state index is 0.0525. The zero-order valence-corrected chi connectivity index (χ0v) is 12.5. The maximum Gasteiger partial charge on any atom is 0.224 e. The third-order valence-electron chi connectivity index (χ3n) is 3.60. The molecule has 1 aromatic heterocycles. The predicted molar refractivity (Wildman–Crippen MR) is 82.4 cm³/mol. The number of thiazole rings is 1. The number of nitrogens with one attached hydrogen (secondary N) is 2. The van der Waals surface area contributed by atoms with Gasteiger partial charge in [0.15, 0.2) is 0 Å². The average molecular weight is 305 g/mol. The van der Waals surface area contributed by atoms with Gasteiger partial charge in [0.2, 0.25) is 5.91 Å². The van der Waals surface area contributed by atoms with Crippen LogP contribution in [0.2, 0.25) is 0 Å². The summed E-state index contributed by atoms with van der Waals surface area (Å²) in [4.78, 5) is 16.7. The standard InChI is InChI=1S/C15H16FN3OS/c1-9-14(21-8-18-9)4-5-17-13-6-10-2-3-15(20)19-12(10)7-11(13)16/h6-8,17H,2-5H2,1H3,(H,19,20). The molecule has 0 aliphatic carbocycles. The molecule has 2 aromatic rings.